The maximum absolute atomic E-state index is 12.5. The maximum Gasteiger partial charge on any atom is 0.490 e. The SMILES string of the molecule is CCOC(=O)c1cnc2ccc(/C=C3\CCCNC3)cn2c1=O.O=C(O)C(F)(F)F. The molecule has 0 saturated carbocycles. The molecule has 1 aliphatic heterocycles. The Hall–Kier alpha value is -3.21. The van der Waals surface area contributed by atoms with Gasteiger partial charge in [0.1, 0.15) is 11.2 Å². The van der Waals surface area contributed by atoms with Gasteiger partial charge in [0.15, 0.2) is 0 Å². The fourth-order valence-electron chi connectivity index (χ4n) is 2.66. The van der Waals surface area contributed by atoms with Crippen molar-refractivity contribution in [3.05, 3.63) is 51.6 Å². The van der Waals surface area contributed by atoms with Crippen molar-refractivity contribution in [3.63, 3.8) is 0 Å². The largest absolute Gasteiger partial charge is 0.490 e. The topological polar surface area (TPSA) is 110 Å². The zero-order valence-corrected chi connectivity index (χ0v) is 16.0. The molecule has 2 aromatic rings. The van der Waals surface area contributed by atoms with Crippen molar-refractivity contribution in [2.45, 2.75) is 25.9 Å². The maximum atomic E-state index is 12.5. The van der Waals surface area contributed by atoms with Crippen molar-refractivity contribution >= 4 is 23.7 Å². The first kappa shape index (κ1) is 23.1. The van der Waals surface area contributed by atoms with Crippen molar-refractivity contribution in [1.29, 1.82) is 0 Å². The summed E-state index contributed by atoms with van der Waals surface area (Å²) in [4.78, 5) is 37.4. The molecule has 0 amide bonds. The van der Waals surface area contributed by atoms with Gasteiger partial charge in [0.05, 0.1) is 6.61 Å². The number of hydrogen-bond donors (Lipinski definition) is 2. The summed E-state index contributed by atoms with van der Waals surface area (Å²) in [6, 6.07) is 3.70. The van der Waals surface area contributed by atoms with Gasteiger partial charge in [-0.05, 0) is 44.0 Å². The molecular formula is C19H20F3N3O5. The number of piperidine rings is 1. The van der Waals surface area contributed by atoms with Gasteiger partial charge >= 0.3 is 18.1 Å². The van der Waals surface area contributed by atoms with E-state index in [2.05, 4.69) is 16.4 Å². The Morgan fingerprint density at radius 1 is 1.37 bits per heavy atom. The predicted octanol–water partition coefficient (Wildman–Crippen LogP) is 2.27. The lowest BCUT2D eigenvalue weighted by Gasteiger charge is -2.15. The smallest absolute Gasteiger partial charge is 0.475 e. The molecule has 8 nitrogen and oxygen atoms in total. The van der Waals surface area contributed by atoms with Crippen LogP contribution in [0.2, 0.25) is 0 Å². The van der Waals surface area contributed by atoms with E-state index in [1.54, 1.807) is 19.2 Å². The molecule has 0 radical (unpaired) electrons. The van der Waals surface area contributed by atoms with Gasteiger partial charge in [-0.1, -0.05) is 11.6 Å². The van der Waals surface area contributed by atoms with E-state index in [1.165, 1.54) is 16.2 Å². The van der Waals surface area contributed by atoms with Crippen LogP contribution in [0.3, 0.4) is 0 Å². The summed E-state index contributed by atoms with van der Waals surface area (Å²) in [7, 11) is 0. The van der Waals surface area contributed by atoms with Crippen LogP contribution in [0, 0.1) is 0 Å². The van der Waals surface area contributed by atoms with E-state index < -0.39 is 23.7 Å². The zero-order valence-electron chi connectivity index (χ0n) is 16.0. The highest BCUT2D eigenvalue weighted by molar-refractivity contribution is 5.88. The van der Waals surface area contributed by atoms with Gasteiger partial charge in [-0.15, -0.1) is 0 Å². The second kappa shape index (κ2) is 10.0. The Labute approximate surface area is 169 Å². The number of esters is 1. The number of hydrogen-bond acceptors (Lipinski definition) is 6. The summed E-state index contributed by atoms with van der Waals surface area (Å²) in [6.45, 7) is 3.84. The molecule has 0 unspecified atom stereocenters. The first-order chi connectivity index (χ1) is 14.1. The molecule has 3 rings (SSSR count). The minimum atomic E-state index is -5.08. The van der Waals surface area contributed by atoms with Crippen LogP contribution in [0.1, 0.15) is 35.7 Å². The van der Waals surface area contributed by atoms with Gasteiger partial charge in [0, 0.05) is 18.9 Å². The summed E-state index contributed by atoms with van der Waals surface area (Å²) in [5.74, 6) is -3.40. The van der Waals surface area contributed by atoms with Crippen LogP contribution in [-0.2, 0) is 9.53 Å². The average Bonchev–Trinajstić information content (AvgIpc) is 2.69. The minimum absolute atomic E-state index is 0.0477. The Morgan fingerprint density at radius 3 is 2.63 bits per heavy atom. The van der Waals surface area contributed by atoms with E-state index in [9.17, 15) is 22.8 Å². The van der Waals surface area contributed by atoms with Crippen molar-refractivity contribution in [2.24, 2.45) is 0 Å². The molecular weight excluding hydrogens is 407 g/mol. The standard InChI is InChI=1S/C17H19N3O3.C2HF3O2/c1-2-23-17(22)14-10-19-15-6-5-13(11-20(15)16(14)21)8-12-4-3-7-18-9-12;3-2(4,5)1(6)7/h5-6,8,10-11,18H,2-4,7,9H2,1H3;(H,6,7)/b12-8+;. The predicted molar refractivity (Wildman–Crippen MR) is 101 cm³/mol. The summed E-state index contributed by atoms with van der Waals surface area (Å²) in [6.07, 6.45) is 2.16. The highest BCUT2D eigenvalue weighted by atomic mass is 19.4. The number of pyridine rings is 1. The lowest BCUT2D eigenvalue weighted by atomic mass is 10.0. The summed E-state index contributed by atoms with van der Waals surface area (Å²) in [5, 5.41) is 10.5. The van der Waals surface area contributed by atoms with Crippen LogP contribution in [-0.4, -0.2) is 52.3 Å². The molecule has 1 saturated heterocycles. The van der Waals surface area contributed by atoms with Gasteiger partial charge in [-0.2, -0.15) is 13.2 Å². The van der Waals surface area contributed by atoms with Crippen LogP contribution in [0.5, 0.6) is 0 Å². The molecule has 162 valence electrons. The van der Waals surface area contributed by atoms with Crippen LogP contribution in [0.15, 0.2) is 34.9 Å². The molecule has 1 fully saturated rings. The van der Waals surface area contributed by atoms with Gasteiger partial charge in [0.2, 0.25) is 0 Å². The van der Waals surface area contributed by atoms with Crippen LogP contribution >= 0.6 is 0 Å². The first-order valence-electron chi connectivity index (χ1n) is 9.02. The van der Waals surface area contributed by atoms with Crippen molar-refractivity contribution in [3.8, 4) is 0 Å². The number of halogens is 3. The first-order valence-corrected chi connectivity index (χ1v) is 9.02. The van der Waals surface area contributed by atoms with Gasteiger partial charge in [-0.3, -0.25) is 9.20 Å². The van der Waals surface area contributed by atoms with E-state index in [-0.39, 0.29) is 12.2 Å². The van der Waals surface area contributed by atoms with Crippen LogP contribution in [0.4, 0.5) is 13.2 Å². The lowest BCUT2D eigenvalue weighted by molar-refractivity contribution is -0.192. The number of alkyl halides is 3. The normalized spacial score (nSPS) is 15.4. The van der Waals surface area contributed by atoms with Gasteiger partial charge in [0.25, 0.3) is 5.56 Å². The molecule has 0 aromatic carbocycles. The fraction of sp³-hybridized carbons (Fsp3) is 0.368. The molecule has 2 aromatic heterocycles. The van der Waals surface area contributed by atoms with Crippen LogP contribution in [0.25, 0.3) is 11.7 Å². The molecule has 30 heavy (non-hydrogen) atoms. The fourth-order valence-corrected chi connectivity index (χ4v) is 2.66. The van der Waals surface area contributed by atoms with Crippen molar-refractivity contribution in [2.75, 3.05) is 19.7 Å². The Kier molecular flexibility index (Phi) is 7.70. The number of aromatic nitrogens is 2. The third-order valence-corrected chi connectivity index (χ3v) is 4.04. The average molecular weight is 427 g/mol. The van der Waals surface area contributed by atoms with Gasteiger partial charge < -0.3 is 15.2 Å². The van der Waals surface area contributed by atoms with Crippen molar-refractivity contribution in [1.82, 2.24) is 14.7 Å². The van der Waals surface area contributed by atoms with Crippen molar-refractivity contribution < 1.29 is 32.6 Å². The summed E-state index contributed by atoms with van der Waals surface area (Å²) in [5.41, 5.74) is 2.27. The molecule has 3 heterocycles. The number of rotatable bonds is 3. The zero-order chi connectivity index (χ0) is 22.3. The number of carbonyl (C=O) groups excluding carboxylic acids is 1. The number of ether oxygens (including phenoxy) is 1. The number of carboxylic acids is 1. The Bertz CT molecular complexity index is 1010. The Morgan fingerprint density at radius 2 is 2.07 bits per heavy atom. The Balaban J connectivity index is 0.000000396. The number of nitrogens with one attached hydrogen (secondary N) is 1. The monoisotopic (exact) mass is 427 g/mol. The third-order valence-electron chi connectivity index (χ3n) is 4.04. The summed E-state index contributed by atoms with van der Waals surface area (Å²) >= 11 is 0. The van der Waals surface area contributed by atoms with E-state index in [0.29, 0.717) is 5.65 Å². The molecule has 0 atom stereocenters. The number of nitrogens with zero attached hydrogens (tertiary/aromatic N) is 2. The van der Waals surface area contributed by atoms with Gasteiger partial charge in [-0.25, -0.2) is 14.6 Å². The molecule has 0 aliphatic carbocycles. The molecule has 2 N–H and O–H groups in total. The molecule has 11 heteroatoms. The number of fused-ring (bicyclic) bond motifs is 1. The number of carbonyl (C=O) groups is 2. The number of aliphatic carboxylic acids is 1. The van der Waals surface area contributed by atoms with E-state index in [1.807, 2.05) is 6.07 Å². The van der Waals surface area contributed by atoms with E-state index in [4.69, 9.17) is 14.6 Å². The van der Waals surface area contributed by atoms with E-state index >= 15 is 0 Å². The van der Waals surface area contributed by atoms with Crippen LogP contribution < -0.4 is 10.9 Å². The molecule has 1 aliphatic rings. The molecule has 0 spiro atoms. The summed E-state index contributed by atoms with van der Waals surface area (Å²) < 4.78 is 38.0. The third kappa shape index (κ3) is 6.14. The lowest BCUT2D eigenvalue weighted by Crippen LogP contribution is -2.24. The molecule has 0 bridgehead atoms. The highest BCUT2D eigenvalue weighted by Crippen LogP contribution is 2.14. The second-order valence-electron chi connectivity index (χ2n) is 6.27. The second-order valence-corrected chi connectivity index (χ2v) is 6.27. The highest BCUT2D eigenvalue weighted by Gasteiger charge is 2.38. The van der Waals surface area contributed by atoms with E-state index in [0.717, 1.165) is 31.5 Å². The number of carboxylic acid groups (broad SMARTS) is 1. The minimum Gasteiger partial charge on any atom is -0.475 e. The quantitative estimate of drug-likeness (QED) is 0.723.